The molecule has 4 aliphatic rings. The first kappa shape index (κ1) is 20.9. The molecule has 184 valence electrons. The maximum atomic E-state index is 15.6. The first-order valence-corrected chi connectivity index (χ1v) is 13.3. The summed E-state index contributed by atoms with van der Waals surface area (Å²) in [6.45, 7) is 0.890. The lowest BCUT2D eigenvalue weighted by atomic mass is 9.83. The maximum absolute atomic E-state index is 15.6. The fourth-order valence-corrected chi connectivity index (χ4v) is 7.68. The lowest BCUT2D eigenvalue weighted by Gasteiger charge is -2.29. The molecule has 5 atom stereocenters. The minimum atomic E-state index is -0.389. The first-order chi connectivity index (χ1) is 17.5. The van der Waals surface area contributed by atoms with Gasteiger partial charge >= 0.3 is 0 Å². The number of para-hydroxylation sites is 1. The molecule has 3 N–H and O–H groups in total. The number of aromatic nitrogens is 3. The fraction of sp³-hybridized carbons (Fsp3) is 0.448. The summed E-state index contributed by atoms with van der Waals surface area (Å²) in [6.07, 6.45) is 5.42. The van der Waals surface area contributed by atoms with Gasteiger partial charge in [-0.2, -0.15) is 0 Å². The summed E-state index contributed by atoms with van der Waals surface area (Å²) in [5.41, 5.74) is 11.1. The van der Waals surface area contributed by atoms with E-state index in [1.807, 2.05) is 11.6 Å². The minimum absolute atomic E-state index is 0.0266. The van der Waals surface area contributed by atoms with Gasteiger partial charge in [0.1, 0.15) is 11.3 Å². The molecular weight excluding hydrogens is 453 g/mol. The Morgan fingerprint density at radius 2 is 1.94 bits per heavy atom. The molecule has 0 radical (unpaired) electrons. The Hall–Kier alpha value is -3.19. The van der Waals surface area contributed by atoms with Crippen molar-refractivity contribution in [1.29, 1.82) is 0 Å². The quantitative estimate of drug-likeness (QED) is 0.388. The second-order valence-corrected chi connectivity index (χ2v) is 11.5. The molecule has 0 spiro atoms. The van der Waals surface area contributed by atoms with E-state index in [-0.39, 0.29) is 29.5 Å². The van der Waals surface area contributed by atoms with Crippen LogP contribution in [0.15, 0.2) is 36.4 Å². The zero-order valence-electron chi connectivity index (χ0n) is 20.4. The number of fused-ring (bicyclic) bond motifs is 3. The average Bonchev–Trinajstić information content (AvgIpc) is 3.33. The van der Waals surface area contributed by atoms with Crippen LogP contribution in [0.3, 0.4) is 0 Å². The molecular formula is C29H30FN5O. The highest BCUT2D eigenvalue weighted by atomic mass is 19.1. The SMILES string of the molecule is Cn1c(-c2cc3cccc4c3n2C(C2CC2)CN4)nc2cc(C(=O)C3C[C@H]4CC[C@@H]3[C@@H]4N)cc(F)c21. The van der Waals surface area contributed by atoms with Crippen molar-refractivity contribution in [2.24, 2.45) is 36.5 Å². The number of Topliss-reactive ketones (excluding diaryl/α,β-unsaturated/α-hetero) is 1. The molecule has 2 unspecified atom stereocenters. The fourth-order valence-electron chi connectivity index (χ4n) is 7.68. The summed E-state index contributed by atoms with van der Waals surface area (Å²) in [5, 5.41) is 4.78. The third-order valence-electron chi connectivity index (χ3n) is 9.62. The van der Waals surface area contributed by atoms with Gasteiger partial charge in [-0.05, 0) is 74.1 Å². The smallest absolute Gasteiger partial charge is 0.166 e. The number of benzene rings is 2. The van der Waals surface area contributed by atoms with Crippen molar-refractivity contribution < 1.29 is 9.18 Å². The maximum Gasteiger partial charge on any atom is 0.166 e. The molecule has 1 aliphatic heterocycles. The number of aryl methyl sites for hydroxylation is 1. The largest absolute Gasteiger partial charge is 0.381 e. The van der Waals surface area contributed by atoms with Gasteiger partial charge in [-0.25, -0.2) is 9.37 Å². The summed E-state index contributed by atoms with van der Waals surface area (Å²) in [6, 6.07) is 12.2. The second-order valence-electron chi connectivity index (χ2n) is 11.5. The van der Waals surface area contributed by atoms with Crippen LogP contribution in [0.5, 0.6) is 0 Å². The third kappa shape index (κ3) is 2.75. The first-order valence-electron chi connectivity index (χ1n) is 13.3. The van der Waals surface area contributed by atoms with E-state index in [1.165, 1.54) is 24.4 Å². The Bertz CT molecular complexity index is 1580. The van der Waals surface area contributed by atoms with Crippen LogP contribution in [0.25, 0.3) is 33.5 Å². The lowest BCUT2D eigenvalue weighted by Crippen LogP contribution is -2.29. The number of rotatable bonds is 4. The van der Waals surface area contributed by atoms with E-state index in [2.05, 4.69) is 34.1 Å². The molecule has 3 saturated carbocycles. The van der Waals surface area contributed by atoms with Crippen molar-refractivity contribution >= 4 is 33.4 Å². The average molecular weight is 484 g/mol. The predicted molar refractivity (Wildman–Crippen MR) is 138 cm³/mol. The molecule has 0 amide bonds. The molecule has 7 heteroatoms. The summed E-state index contributed by atoms with van der Waals surface area (Å²) in [5.74, 6) is 1.60. The van der Waals surface area contributed by atoms with Crippen LogP contribution in [-0.2, 0) is 7.05 Å². The van der Waals surface area contributed by atoms with Crippen LogP contribution >= 0.6 is 0 Å². The van der Waals surface area contributed by atoms with Gasteiger partial charge in [0, 0.05) is 36.5 Å². The summed E-state index contributed by atoms with van der Waals surface area (Å²) in [4.78, 5) is 18.4. The highest BCUT2D eigenvalue weighted by Gasteiger charge is 2.49. The summed E-state index contributed by atoms with van der Waals surface area (Å²) < 4.78 is 19.9. The minimum Gasteiger partial charge on any atom is -0.381 e. The van der Waals surface area contributed by atoms with Crippen LogP contribution in [0.2, 0.25) is 0 Å². The number of nitrogens with one attached hydrogen (secondary N) is 1. The van der Waals surface area contributed by atoms with Crippen molar-refractivity contribution in [3.63, 3.8) is 0 Å². The molecule has 6 nitrogen and oxygen atoms in total. The van der Waals surface area contributed by atoms with Crippen molar-refractivity contribution in [1.82, 2.24) is 14.1 Å². The standard InChI is InChI=1S/C29H30FN5O/c1-34-27-20(30)10-17(28(36)19-9-15-7-8-18(19)25(15)31)11-22(27)33-29(34)23-12-16-3-2-4-21-26(16)35(23)24(13-32-21)14-5-6-14/h2-4,10-12,14-15,18-19,24-25,32H,5-9,13,31H2,1H3/t15-,18+,19?,24?,25-/m1/s1. The van der Waals surface area contributed by atoms with Crippen molar-refractivity contribution in [2.75, 3.05) is 11.9 Å². The summed E-state index contributed by atoms with van der Waals surface area (Å²) >= 11 is 0. The van der Waals surface area contributed by atoms with E-state index in [4.69, 9.17) is 10.7 Å². The van der Waals surface area contributed by atoms with Crippen molar-refractivity contribution in [3.05, 3.63) is 47.8 Å². The number of nitrogens with zero attached hydrogens (tertiary/aromatic N) is 3. The van der Waals surface area contributed by atoms with E-state index in [1.54, 1.807) is 6.07 Å². The van der Waals surface area contributed by atoms with Gasteiger partial charge in [-0.15, -0.1) is 0 Å². The Labute approximate surface area is 208 Å². The van der Waals surface area contributed by atoms with E-state index in [0.717, 1.165) is 48.4 Å². The van der Waals surface area contributed by atoms with E-state index in [9.17, 15) is 4.79 Å². The molecule has 4 aromatic rings. The van der Waals surface area contributed by atoms with Gasteiger partial charge in [0.15, 0.2) is 11.6 Å². The van der Waals surface area contributed by atoms with E-state index >= 15 is 4.39 Å². The van der Waals surface area contributed by atoms with E-state index in [0.29, 0.717) is 34.5 Å². The van der Waals surface area contributed by atoms with Gasteiger partial charge in [0.05, 0.1) is 28.5 Å². The Morgan fingerprint density at radius 3 is 2.69 bits per heavy atom. The van der Waals surface area contributed by atoms with Crippen LogP contribution < -0.4 is 11.1 Å². The van der Waals surface area contributed by atoms with Gasteiger partial charge < -0.3 is 20.2 Å². The molecule has 3 fully saturated rings. The molecule has 36 heavy (non-hydrogen) atoms. The van der Waals surface area contributed by atoms with Crippen molar-refractivity contribution in [3.8, 4) is 11.5 Å². The predicted octanol–water partition coefficient (Wildman–Crippen LogP) is 5.27. The number of carbonyl (C=O) groups excluding carboxylic acids is 1. The van der Waals surface area contributed by atoms with Gasteiger partial charge in [-0.1, -0.05) is 12.1 Å². The Morgan fingerprint density at radius 1 is 1.11 bits per heavy atom. The highest BCUT2D eigenvalue weighted by Crippen LogP contribution is 2.49. The number of ketones is 1. The lowest BCUT2D eigenvalue weighted by molar-refractivity contribution is 0.0872. The normalized spacial score (nSPS) is 28.8. The van der Waals surface area contributed by atoms with Gasteiger partial charge in [0.25, 0.3) is 0 Å². The second kappa shape index (κ2) is 7.19. The topological polar surface area (TPSA) is 77.9 Å². The number of anilines is 1. The van der Waals surface area contributed by atoms with Crippen LogP contribution in [0.1, 0.15) is 48.5 Å². The Kier molecular flexibility index (Phi) is 4.18. The highest BCUT2D eigenvalue weighted by molar-refractivity contribution is 6.02. The van der Waals surface area contributed by atoms with Crippen LogP contribution in [0, 0.1) is 29.5 Å². The molecule has 2 aromatic heterocycles. The molecule has 3 heterocycles. The molecule has 8 rings (SSSR count). The van der Waals surface area contributed by atoms with Gasteiger partial charge in [-0.3, -0.25) is 4.79 Å². The monoisotopic (exact) mass is 483 g/mol. The number of nitrogens with two attached hydrogens (primary N) is 1. The molecule has 0 saturated heterocycles. The zero-order valence-corrected chi connectivity index (χ0v) is 20.4. The molecule has 2 bridgehead atoms. The van der Waals surface area contributed by atoms with Crippen LogP contribution in [0.4, 0.5) is 10.1 Å². The number of halogens is 1. The number of hydrogen-bond donors (Lipinski definition) is 2. The van der Waals surface area contributed by atoms with Crippen LogP contribution in [-0.4, -0.2) is 32.5 Å². The number of carbonyl (C=O) groups is 1. The number of imidazole rings is 1. The van der Waals surface area contributed by atoms with E-state index < -0.39 is 0 Å². The molecule has 3 aliphatic carbocycles. The summed E-state index contributed by atoms with van der Waals surface area (Å²) in [7, 11) is 1.88. The Balaban J connectivity index is 1.27. The third-order valence-corrected chi connectivity index (χ3v) is 9.62. The zero-order chi connectivity index (χ0) is 24.3. The number of hydrogen-bond acceptors (Lipinski definition) is 4. The molecule has 2 aromatic carbocycles. The van der Waals surface area contributed by atoms with Gasteiger partial charge in [0.2, 0.25) is 0 Å². The van der Waals surface area contributed by atoms with Crippen molar-refractivity contribution in [2.45, 2.75) is 44.2 Å².